The number of hydrogen-bond donors (Lipinski definition) is 1. The van der Waals surface area contributed by atoms with Gasteiger partial charge < -0.3 is 5.73 Å². The number of nitrogens with two attached hydrogens (primary N) is 1. The summed E-state index contributed by atoms with van der Waals surface area (Å²) < 4.78 is 0. The second-order valence-corrected chi connectivity index (χ2v) is 6.09. The van der Waals surface area contributed by atoms with Crippen LogP contribution in [0.1, 0.15) is 50.2 Å². The lowest BCUT2D eigenvalue weighted by Gasteiger charge is -2.39. The Hall–Kier alpha value is -0.820. The van der Waals surface area contributed by atoms with Gasteiger partial charge in [0.1, 0.15) is 0 Å². The molecule has 1 saturated carbocycles. The highest BCUT2D eigenvalue weighted by molar-refractivity contribution is 5.27. The number of hydrogen-bond acceptors (Lipinski definition) is 1. The number of rotatable bonds is 1. The van der Waals surface area contributed by atoms with Crippen LogP contribution in [0.5, 0.6) is 0 Å². The number of aryl methyl sites for hydroxylation is 1. The van der Waals surface area contributed by atoms with Crippen LogP contribution in [-0.4, -0.2) is 6.04 Å². The normalized spacial score (nSPS) is 29.0. The molecule has 1 nitrogen and oxygen atoms in total. The fraction of sp³-hybridized carbons (Fsp3) is 0.600. The largest absolute Gasteiger partial charge is 0.327 e. The van der Waals surface area contributed by atoms with Crippen LogP contribution in [0.25, 0.3) is 0 Å². The smallest absolute Gasteiger partial charge is 0.0108 e. The monoisotopic (exact) mass is 217 g/mol. The molecule has 2 N–H and O–H groups in total. The van der Waals surface area contributed by atoms with E-state index in [1.54, 1.807) is 0 Å². The van der Waals surface area contributed by atoms with Gasteiger partial charge in [-0.2, -0.15) is 0 Å². The van der Waals surface area contributed by atoms with Gasteiger partial charge in [0.15, 0.2) is 0 Å². The highest BCUT2D eigenvalue weighted by Crippen LogP contribution is 2.42. The Kier molecular flexibility index (Phi) is 3.07. The van der Waals surface area contributed by atoms with Crippen LogP contribution in [-0.2, 0) is 0 Å². The molecule has 0 aromatic heterocycles. The Morgan fingerprint density at radius 2 is 2.06 bits per heavy atom. The van der Waals surface area contributed by atoms with Gasteiger partial charge in [-0.1, -0.05) is 43.7 Å². The standard InChI is InChI=1S/C15H23N/c1-11-5-4-6-12(9-11)13-10-15(2,3)8-7-14(13)16/h4-6,9,13-14H,7-8,10,16H2,1-3H3. The molecule has 2 rings (SSSR count). The maximum Gasteiger partial charge on any atom is 0.0108 e. The first-order valence-electron chi connectivity index (χ1n) is 6.30. The average molecular weight is 217 g/mol. The van der Waals surface area contributed by atoms with Gasteiger partial charge in [-0.15, -0.1) is 0 Å². The zero-order chi connectivity index (χ0) is 11.8. The molecule has 0 bridgehead atoms. The summed E-state index contributed by atoms with van der Waals surface area (Å²) in [6.07, 6.45) is 3.64. The maximum atomic E-state index is 6.28. The summed E-state index contributed by atoms with van der Waals surface area (Å²) in [4.78, 5) is 0. The molecule has 2 atom stereocenters. The molecule has 1 heteroatoms. The van der Waals surface area contributed by atoms with E-state index in [1.165, 1.54) is 24.0 Å². The van der Waals surface area contributed by atoms with E-state index in [2.05, 4.69) is 45.0 Å². The maximum absolute atomic E-state index is 6.28. The van der Waals surface area contributed by atoms with Gasteiger partial charge in [-0.25, -0.2) is 0 Å². The SMILES string of the molecule is Cc1cccc(C2CC(C)(C)CCC2N)c1. The molecular weight excluding hydrogens is 194 g/mol. The summed E-state index contributed by atoms with van der Waals surface area (Å²) in [6.45, 7) is 6.88. The van der Waals surface area contributed by atoms with Gasteiger partial charge in [-0.05, 0) is 43.1 Å². The molecule has 0 spiro atoms. The van der Waals surface area contributed by atoms with Gasteiger partial charge >= 0.3 is 0 Å². The summed E-state index contributed by atoms with van der Waals surface area (Å²) in [5, 5.41) is 0. The highest BCUT2D eigenvalue weighted by Gasteiger charge is 2.33. The lowest BCUT2D eigenvalue weighted by atomic mass is 9.68. The lowest BCUT2D eigenvalue weighted by Crippen LogP contribution is -2.37. The van der Waals surface area contributed by atoms with Crippen molar-refractivity contribution >= 4 is 0 Å². The molecule has 0 aliphatic heterocycles. The van der Waals surface area contributed by atoms with Crippen LogP contribution in [0, 0.1) is 12.3 Å². The first-order valence-corrected chi connectivity index (χ1v) is 6.30. The van der Waals surface area contributed by atoms with Crippen molar-refractivity contribution in [1.82, 2.24) is 0 Å². The van der Waals surface area contributed by atoms with Gasteiger partial charge in [0.2, 0.25) is 0 Å². The van der Waals surface area contributed by atoms with Crippen molar-refractivity contribution in [2.75, 3.05) is 0 Å². The minimum absolute atomic E-state index is 0.342. The van der Waals surface area contributed by atoms with Gasteiger partial charge in [0, 0.05) is 6.04 Å². The van der Waals surface area contributed by atoms with E-state index >= 15 is 0 Å². The van der Waals surface area contributed by atoms with Crippen LogP contribution < -0.4 is 5.73 Å². The van der Waals surface area contributed by atoms with Crippen LogP contribution in [0.4, 0.5) is 0 Å². The first-order chi connectivity index (χ1) is 7.48. The Morgan fingerprint density at radius 3 is 2.75 bits per heavy atom. The summed E-state index contributed by atoms with van der Waals surface area (Å²) >= 11 is 0. The Labute approximate surface area is 99.0 Å². The molecule has 1 aliphatic rings. The fourth-order valence-corrected chi connectivity index (χ4v) is 2.87. The van der Waals surface area contributed by atoms with Crippen LogP contribution in [0.3, 0.4) is 0 Å². The topological polar surface area (TPSA) is 26.0 Å². The van der Waals surface area contributed by atoms with Crippen LogP contribution in [0.15, 0.2) is 24.3 Å². The van der Waals surface area contributed by atoms with E-state index in [-0.39, 0.29) is 0 Å². The second-order valence-electron chi connectivity index (χ2n) is 6.09. The molecule has 1 fully saturated rings. The molecular formula is C15H23N. The molecule has 1 aromatic carbocycles. The average Bonchev–Trinajstić information content (AvgIpc) is 2.22. The van der Waals surface area contributed by atoms with E-state index in [0.29, 0.717) is 17.4 Å². The zero-order valence-electron chi connectivity index (χ0n) is 10.7. The highest BCUT2D eigenvalue weighted by atomic mass is 14.7. The van der Waals surface area contributed by atoms with E-state index in [4.69, 9.17) is 5.73 Å². The van der Waals surface area contributed by atoms with Crippen LogP contribution >= 0.6 is 0 Å². The van der Waals surface area contributed by atoms with Crippen molar-refractivity contribution < 1.29 is 0 Å². The first kappa shape index (κ1) is 11.7. The molecule has 88 valence electrons. The predicted molar refractivity (Wildman–Crippen MR) is 69.5 cm³/mol. The van der Waals surface area contributed by atoms with Crippen molar-refractivity contribution in [3.05, 3.63) is 35.4 Å². The molecule has 16 heavy (non-hydrogen) atoms. The summed E-state index contributed by atoms with van der Waals surface area (Å²) in [7, 11) is 0. The predicted octanol–water partition coefficient (Wildman–Crippen LogP) is 3.62. The molecule has 2 unspecified atom stereocenters. The minimum Gasteiger partial charge on any atom is -0.327 e. The van der Waals surface area contributed by atoms with E-state index in [0.717, 1.165) is 6.42 Å². The Balaban J connectivity index is 2.25. The Morgan fingerprint density at radius 1 is 1.31 bits per heavy atom. The molecule has 1 aromatic rings. The summed E-state index contributed by atoms with van der Waals surface area (Å²) in [6, 6.07) is 9.18. The van der Waals surface area contributed by atoms with Crippen molar-refractivity contribution in [2.45, 2.75) is 52.0 Å². The third-order valence-corrected chi connectivity index (χ3v) is 3.91. The lowest BCUT2D eigenvalue weighted by molar-refractivity contribution is 0.198. The van der Waals surface area contributed by atoms with Crippen molar-refractivity contribution in [3.63, 3.8) is 0 Å². The molecule has 1 aliphatic carbocycles. The third kappa shape index (κ3) is 2.46. The van der Waals surface area contributed by atoms with Gasteiger partial charge in [-0.3, -0.25) is 0 Å². The number of benzene rings is 1. The summed E-state index contributed by atoms with van der Waals surface area (Å²) in [5.41, 5.74) is 9.50. The second kappa shape index (κ2) is 4.21. The quantitative estimate of drug-likeness (QED) is 0.764. The molecule has 0 saturated heterocycles. The van der Waals surface area contributed by atoms with Crippen molar-refractivity contribution in [1.29, 1.82) is 0 Å². The summed E-state index contributed by atoms with van der Waals surface area (Å²) in [5.74, 6) is 0.545. The molecule has 0 heterocycles. The fourth-order valence-electron chi connectivity index (χ4n) is 2.87. The van der Waals surface area contributed by atoms with Gasteiger partial charge in [0.25, 0.3) is 0 Å². The van der Waals surface area contributed by atoms with Crippen molar-refractivity contribution in [3.8, 4) is 0 Å². The minimum atomic E-state index is 0.342. The zero-order valence-corrected chi connectivity index (χ0v) is 10.7. The van der Waals surface area contributed by atoms with Gasteiger partial charge in [0.05, 0.1) is 0 Å². The van der Waals surface area contributed by atoms with Crippen LogP contribution in [0.2, 0.25) is 0 Å². The van der Waals surface area contributed by atoms with Crippen molar-refractivity contribution in [2.24, 2.45) is 11.1 Å². The molecule has 0 radical (unpaired) electrons. The third-order valence-electron chi connectivity index (χ3n) is 3.91. The Bertz CT molecular complexity index is 367. The van der Waals surface area contributed by atoms with E-state index in [1.807, 2.05) is 0 Å². The molecule has 0 amide bonds. The van der Waals surface area contributed by atoms with E-state index in [9.17, 15) is 0 Å². The van der Waals surface area contributed by atoms with E-state index < -0.39 is 0 Å².